The molecule has 39 heavy (non-hydrogen) atoms. The molecular formula is C38H27N. The predicted octanol–water partition coefficient (Wildman–Crippen LogP) is 9.42. The number of para-hydroxylation sites is 2. The Bertz CT molecular complexity index is 1790. The van der Waals surface area contributed by atoms with Gasteiger partial charge < -0.3 is 4.90 Å². The third kappa shape index (κ3) is 3.14. The summed E-state index contributed by atoms with van der Waals surface area (Å²) >= 11 is 0. The van der Waals surface area contributed by atoms with Crippen molar-refractivity contribution in [2.75, 3.05) is 4.90 Å². The Morgan fingerprint density at radius 2 is 0.949 bits per heavy atom. The number of benzene rings is 6. The van der Waals surface area contributed by atoms with Gasteiger partial charge in [0.15, 0.2) is 0 Å². The number of anilines is 3. The molecule has 0 saturated carbocycles. The van der Waals surface area contributed by atoms with Crippen LogP contribution in [0.25, 0.3) is 11.1 Å². The maximum Gasteiger partial charge on any atom is 0.0754 e. The van der Waals surface area contributed by atoms with Gasteiger partial charge in [-0.2, -0.15) is 0 Å². The summed E-state index contributed by atoms with van der Waals surface area (Å²) in [5, 5.41) is 0. The van der Waals surface area contributed by atoms with Crippen molar-refractivity contribution in [3.63, 3.8) is 0 Å². The van der Waals surface area contributed by atoms with Crippen LogP contribution in [0.2, 0.25) is 0 Å². The van der Waals surface area contributed by atoms with E-state index in [0.717, 1.165) is 6.42 Å². The molecular weight excluding hydrogens is 470 g/mol. The number of hydrogen-bond donors (Lipinski definition) is 0. The van der Waals surface area contributed by atoms with Crippen molar-refractivity contribution < 1.29 is 0 Å². The summed E-state index contributed by atoms with van der Waals surface area (Å²) in [5.74, 6) is 0. The third-order valence-corrected chi connectivity index (χ3v) is 8.47. The van der Waals surface area contributed by atoms with E-state index in [-0.39, 0.29) is 5.41 Å². The van der Waals surface area contributed by atoms with Crippen LogP contribution in [-0.4, -0.2) is 0 Å². The lowest BCUT2D eigenvalue weighted by atomic mass is 9.64. The summed E-state index contributed by atoms with van der Waals surface area (Å²) in [5.41, 5.74) is 14.0. The van der Waals surface area contributed by atoms with E-state index >= 15 is 0 Å². The van der Waals surface area contributed by atoms with E-state index in [2.05, 4.69) is 157 Å². The first-order valence-corrected chi connectivity index (χ1v) is 13.7. The summed E-state index contributed by atoms with van der Waals surface area (Å²) in [7, 11) is 0. The van der Waals surface area contributed by atoms with E-state index in [1.54, 1.807) is 0 Å². The summed E-state index contributed by atoms with van der Waals surface area (Å²) < 4.78 is 0. The first-order valence-electron chi connectivity index (χ1n) is 13.7. The molecule has 1 aliphatic heterocycles. The van der Waals surface area contributed by atoms with E-state index in [1.165, 1.54) is 61.6 Å². The van der Waals surface area contributed by atoms with Crippen LogP contribution in [-0.2, 0) is 11.8 Å². The molecule has 2 aliphatic rings. The first kappa shape index (κ1) is 22.1. The van der Waals surface area contributed by atoms with Gasteiger partial charge in [-0.25, -0.2) is 0 Å². The van der Waals surface area contributed by atoms with Crippen molar-refractivity contribution in [3.8, 4) is 11.1 Å². The lowest BCUT2D eigenvalue weighted by Crippen LogP contribution is -2.36. The molecule has 1 aliphatic carbocycles. The molecule has 0 bridgehead atoms. The van der Waals surface area contributed by atoms with Gasteiger partial charge in [-0.05, 0) is 75.2 Å². The molecule has 0 aromatic heterocycles. The van der Waals surface area contributed by atoms with E-state index in [0.29, 0.717) is 0 Å². The van der Waals surface area contributed by atoms with Crippen molar-refractivity contribution in [3.05, 3.63) is 185 Å². The number of fused-ring (bicyclic) bond motifs is 9. The highest BCUT2D eigenvalue weighted by Gasteiger charge is 2.51. The molecule has 1 nitrogen and oxygen atoms in total. The van der Waals surface area contributed by atoms with E-state index in [4.69, 9.17) is 0 Å². The second kappa shape index (κ2) is 8.58. The van der Waals surface area contributed by atoms with Crippen LogP contribution in [0.3, 0.4) is 0 Å². The molecule has 8 rings (SSSR count). The molecule has 0 saturated heterocycles. The number of rotatable bonds is 3. The Hall–Kier alpha value is -4.88. The van der Waals surface area contributed by atoms with Gasteiger partial charge in [0.1, 0.15) is 0 Å². The van der Waals surface area contributed by atoms with E-state index in [1.807, 2.05) is 0 Å². The van der Waals surface area contributed by atoms with Gasteiger partial charge in [-0.3, -0.25) is 0 Å². The van der Waals surface area contributed by atoms with Gasteiger partial charge in [0.2, 0.25) is 0 Å². The Kier molecular flexibility index (Phi) is 4.87. The second-order valence-corrected chi connectivity index (χ2v) is 10.5. The topological polar surface area (TPSA) is 3.24 Å². The minimum Gasteiger partial charge on any atom is -0.310 e. The van der Waals surface area contributed by atoms with Crippen molar-refractivity contribution in [1.29, 1.82) is 0 Å². The van der Waals surface area contributed by atoms with Gasteiger partial charge >= 0.3 is 0 Å². The van der Waals surface area contributed by atoms with Crippen LogP contribution in [0.4, 0.5) is 17.1 Å². The molecule has 0 atom stereocenters. The normalized spacial score (nSPS) is 13.9. The fourth-order valence-corrected chi connectivity index (χ4v) is 6.95. The number of hydrogen-bond acceptors (Lipinski definition) is 1. The van der Waals surface area contributed by atoms with Crippen molar-refractivity contribution in [2.45, 2.75) is 11.8 Å². The van der Waals surface area contributed by atoms with Gasteiger partial charge in [0, 0.05) is 5.69 Å². The Morgan fingerprint density at radius 3 is 1.64 bits per heavy atom. The second-order valence-electron chi connectivity index (χ2n) is 10.5. The molecule has 1 heterocycles. The van der Waals surface area contributed by atoms with Gasteiger partial charge in [0.25, 0.3) is 0 Å². The summed E-state index contributed by atoms with van der Waals surface area (Å²) in [4.78, 5) is 2.47. The molecule has 0 radical (unpaired) electrons. The molecule has 1 spiro atoms. The summed E-state index contributed by atoms with van der Waals surface area (Å²) in [6.45, 7) is 0. The van der Waals surface area contributed by atoms with E-state index in [9.17, 15) is 0 Å². The molecule has 6 aromatic rings. The lowest BCUT2D eigenvalue weighted by molar-refractivity contribution is 0.752. The molecule has 0 fully saturated rings. The largest absolute Gasteiger partial charge is 0.310 e. The third-order valence-electron chi connectivity index (χ3n) is 8.47. The maximum absolute atomic E-state index is 2.47. The minimum absolute atomic E-state index is 0.379. The first-order chi connectivity index (χ1) is 19.4. The van der Waals surface area contributed by atoms with Crippen molar-refractivity contribution in [1.82, 2.24) is 0 Å². The Balaban J connectivity index is 1.47. The van der Waals surface area contributed by atoms with E-state index < -0.39 is 0 Å². The van der Waals surface area contributed by atoms with Crippen LogP contribution in [0.15, 0.2) is 152 Å². The van der Waals surface area contributed by atoms with Crippen molar-refractivity contribution >= 4 is 17.1 Å². The average Bonchev–Trinajstić information content (AvgIpc) is 3.29. The monoisotopic (exact) mass is 497 g/mol. The van der Waals surface area contributed by atoms with Crippen molar-refractivity contribution in [2.24, 2.45) is 0 Å². The fourth-order valence-electron chi connectivity index (χ4n) is 6.95. The quantitative estimate of drug-likeness (QED) is 0.235. The highest BCUT2D eigenvalue weighted by atomic mass is 15.2. The van der Waals surface area contributed by atoms with Gasteiger partial charge in [-0.15, -0.1) is 0 Å². The van der Waals surface area contributed by atoms with Crippen LogP contribution < -0.4 is 4.90 Å². The molecule has 0 unspecified atom stereocenters. The fraction of sp³-hybridized carbons (Fsp3) is 0.0526. The number of nitrogens with zero attached hydrogens (tertiary/aromatic N) is 1. The van der Waals surface area contributed by atoms with Crippen LogP contribution in [0.5, 0.6) is 0 Å². The maximum atomic E-state index is 2.47. The molecule has 6 aromatic carbocycles. The zero-order valence-corrected chi connectivity index (χ0v) is 21.6. The molecule has 184 valence electrons. The molecule has 0 N–H and O–H groups in total. The predicted molar refractivity (Wildman–Crippen MR) is 161 cm³/mol. The summed E-state index contributed by atoms with van der Waals surface area (Å²) in [6, 6.07) is 55.7. The summed E-state index contributed by atoms with van der Waals surface area (Å²) in [6.07, 6.45) is 0.901. The van der Waals surface area contributed by atoms with Gasteiger partial charge in [0.05, 0.1) is 16.8 Å². The van der Waals surface area contributed by atoms with Crippen LogP contribution in [0, 0.1) is 0 Å². The zero-order valence-electron chi connectivity index (χ0n) is 21.6. The standard InChI is InChI=1S/C38H27N/c1-3-13-27(14-4-1)25-28-23-24-35-37(26-28)39(29-15-5-2-6-16-29)36-22-12-11-21-34(36)38(35)32-19-9-7-17-30(32)31-18-8-10-20-33(31)38/h1-24,26H,25H2. The van der Waals surface area contributed by atoms with Crippen LogP contribution in [0.1, 0.15) is 33.4 Å². The smallest absolute Gasteiger partial charge is 0.0754 e. The SMILES string of the molecule is c1ccc(Cc2ccc3c(c2)N(c2ccccc2)c2ccccc2C32c3ccccc3-c3ccccc32)cc1. The Labute approximate surface area is 229 Å². The molecule has 1 heteroatoms. The highest BCUT2D eigenvalue weighted by molar-refractivity contribution is 5.95. The minimum atomic E-state index is -0.379. The molecule has 0 amide bonds. The van der Waals surface area contributed by atoms with Crippen LogP contribution >= 0.6 is 0 Å². The average molecular weight is 498 g/mol. The zero-order chi connectivity index (χ0) is 25.8. The highest BCUT2D eigenvalue weighted by Crippen LogP contribution is 2.63. The Morgan fingerprint density at radius 1 is 0.410 bits per heavy atom. The lowest BCUT2D eigenvalue weighted by Gasteiger charge is -2.45. The van der Waals surface area contributed by atoms with Gasteiger partial charge in [-0.1, -0.05) is 127 Å².